The van der Waals surface area contributed by atoms with E-state index in [2.05, 4.69) is 16.6 Å². The van der Waals surface area contributed by atoms with Crippen LogP contribution in [0.15, 0.2) is 40.6 Å². The Hall–Kier alpha value is -1.70. The smallest absolute Gasteiger partial charge is 0.367 e. The van der Waals surface area contributed by atoms with Crippen molar-refractivity contribution in [2.45, 2.75) is 20.0 Å². The molecule has 1 heterocycles. The first-order valence-corrected chi connectivity index (χ1v) is 7.61. The topological polar surface area (TPSA) is 41.9 Å². The van der Waals surface area contributed by atoms with Gasteiger partial charge in [-0.05, 0) is 19.9 Å². The maximum absolute atomic E-state index is 12.7. The summed E-state index contributed by atoms with van der Waals surface area (Å²) < 4.78 is 38.1. The van der Waals surface area contributed by atoms with E-state index in [-0.39, 0.29) is 5.75 Å². The summed E-state index contributed by atoms with van der Waals surface area (Å²) in [6.07, 6.45) is -0.129. The molecule has 1 rings (SSSR count). The lowest BCUT2D eigenvalue weighted by molar-refractivity contribution is -0.136. The quantitative estimate of drug-likeness (QED) is 0.406. The molecule has 0 unspecified atom stereocenters. The molecule has 22 heavy (non-hydrogen) atoms. The summed E-state index contributed by atoms with van der Waals surface area (Å²) in [5.74, 6) is -0.889. The fourth-order valence-corrected chi connectivity index (χ4v) is 2.81. The Morgan fingerprint density at radius 3 is 2.55 bits per heavy atom. The van der Waals surface area contributed by atoms with Crippen molar-refractivity contribution in [3.63, 3.8) is 0 Å². The van der Waals surface area contributed by atoms with Crippen LogP contribution in [-0.4, -0.2) is 41.6 Å². The van der Waals surface area contributed by atoms with E-state index in [0.29, 0.717) is 0 Å². The Bertz CT molecular complexity index is 521. The molecule has 0 aromatic carbocycles. The highest BCUT2D eigenvalue weighted by Crippen LogP contribution is 2.28. The third-order valence-corrected chi connectivity index (χ3v) is 3.84. The number of halogens is 3. The molecular formula is C14H17F3N2O2S. The van der Waals surface area contributed by atoms with Crippen LogP contribution in [0.2, 0.25) is 0 Å². The molecule has 1 aliphatic rings. The highest BCUT2D eigenvalue weighted by atomic mass is 32.2. The van der Waals surface area contributed by atoms with Gasteiger partial charge in [0, 0.05) is 18.8 Å². The molecule has 0 saturated heterocycles. The molecule has 0 bridgehead atoms. The number of rotatable bonds is 7. The minimum atomic E-state index is -4.71. The van der Waals surface area contributed by atoms with E-state index in [1.54, 1.807) is 12.2 Å². The van der Waals surface area contributed by atoms with Crippen molar-refractivity contribution < 1.29 is 22.8 Å². The van der Waals surface area contributed by atoms with Gasteiger partial charge in [0.15, 0.2) is 5.71 Å². The number of alkyl halides is 3. The van der Waals surface area contributed by atoms with Gasteiger partial charge in [0.25, 0.3) is 0 Å². The van der Waals surface area contributed by atoms with Crippen molar-refractivity contribution in [1.29, 1.82) is 0 Å². The summed E-state index contributed by atoms with van der Waals surface area (Å²) in [6, 6.07) is 0. The molecule has 8 heteroatoms. The van der Waals surface area contributed by atoms with Crippen molar-refractivity contribution in [1.82, 2.24) is 4.90 Å². The Morgan fingerprint density at radius 1 is 1.41 bits per heavy atom. The molecule has 0 aromatic heterocycles. The molecule has 1 aliphatic heterocycles. The van der Waals surface area contributed by atoms with Gasteiger partial charge in [-0.2, -0.15) is 13.2 Å². The van der Waals surface area contributed by atoms with Gasteiger partial charge in [0.1, 0.15) is 0 Å². The first-order chi connectivity index (χ1) is 10.3. The fraction of sp³-hybridized carbons (Fsp3) is 0.429. The van der Waals surface area contributed by atoms with Gasteiger partial charge >= 0.3 is 12.1 Å². The van der Waals surface area contributed by atoms with Gasteiger partial charge in [-0.3, -0.25) is 0 Å². The Balaban J connectivity index is 2.82. The van der Waals surface area contributed by atoms with E-state index in [1.165, 1.54) is 17.8 Å². The van der Waals surface area contributed by atoms with Gasteiger partial charge in [-0.25, -0.2) is 4.79 Å². The van der Waals surface area contributed by atoms with Gasteiger partial charge < -0.3 is 9.74 Å². The fourth-order valence-electron chi connectivity index (χ4n) is 1.76. The maximum Gasteiger partial charge on any atom is 0.437 e. The number of hydrogen-bond donors (Lipinski definition) is 0. The van der Waals surface area contributed by atoms with Crippen LogP contribution in [0.25, 0.3) is 0 Å². The SMILES string of the molecule is C=C/C=C(\SC/C=C1\C(=O)ON=C1C(F)(F)F)N(CC)CC. The zero-order valence-electron chi connectivity index (χ0n) is 12.3. The van der Waals surface area contributed by atoms with Crippen LogP contribution < -0.4 is 0 Å². The molecule has 0 aliphatic carbocycles. The van der Waals surface area contributed by atoms with Crippen LogP contribution in [0.4, 0.5) is 13.2 Å². The Kier molecular flexibility index (Phi) is 6.73. The number of carbonyl (C=O) groups excluding carboxylic acids is 1. The van der Waals surface area contributed by atoms with Gasteiger partial charge in [0.05, 0.1) is 10.6 Å². The van der Waals surface area contributed by atoms with Crippen molar-refractivity contribution >= 4 is 23.4 Å². The number of hydrogen-bond acceptors (Lipinski definition) is 5. The minimum Gasteiger partial charge on any atom is -0.367 e. The summed E-state index contributed by atoms with van der Waals surface area (Å²) in [5, 5.41) is 3.66. The summed E-state index contributed by atoms with van der Waals surface area (Å²) in [4.78, 5) is 17.5. The molecule has 0 saturated carbocycles. The second kappa shape index (κ2) is 8.07. The predicted octanol–water partition coefficient (Wildman–Crippen LogP) is 3.49. The molecule has 0 spiro atoms. The Labute approximate surface area is 131 Å². The molecule has 122 valence electrons. The summed E-state index contributed by atoms with van der Waals surface area (Å²) >= 11 is 1.31. The standard InChI is InChI=1S/C14H17F3N2O2S/c1-4-7-11(19(5-2)6-3)22-9-8-10-12(14(15,16)17)18-21-13(10)20/h4,7-8H,1,5-6,9H2,2-3H3/b10-8-,11-7-. The van der Waals surface area contributed by atoms with Gasteiger partial charge in [-0.1, -0.05) is 23.9 Å². The largest absolute Gasteiger partial charge is 0.437 e. The van der Waals surface area contributed by atoms with Crippen molar-refractivity contribution in [2.75, 3.05) is 18.8 Å². The molecular weight excluding hydrogens is 317 g/mol. The van der Waals surface area contributed by atoms with E-state index >= 15 is 0 Å². The van der Waals surface area contributed by atoms with E-state index < -0.39 is 23.4 Å². The molecule has 0 aromatic rings. The number of carbonyl (C=O) groups is 1. The molecule has 4 nitrogen and oxygen atoms in total. The zero-order chi connectivity index (χ0) is 16.8. The van der Waals surface area contributed by atoms with Crippen molar-refractivity contribution in [2.24, 2.45) is 5.16 Å². The number of allylic oxidation sites excluding steroid dienone is 2. The lowest BCUT2D eigenvalue weighted by Gasteiger charge is -2.23. The first-order valence-electron chi connectivity index (χ1n) is 6.62. The van der Waals surface area contributed by atoms with Gasteiger partial charge in [0.2, 0.25) is 0 Å². The third kappa shape index (κ3) is 4.66. The Morgan fingerprint density at radius 2 is 2.05 bits per heavy atom. The van der Waals surface area contributed by atoms with Crippen LogP contribution >= 0.6 is 11.8 Å². The highest BCUT2D eigenvalue weighted by Gasteiger charge is 2.45. The minimum absolute atomic E-state index is 0.190. The van der Waals surface area contributed by atoms with Crippen LogP contribution in [0, 0.1) is 0 Å². The summed E-state index contributed by atoms with van der Waals surface area (Å²) in [6.45, 7) is 9.09. The van der Waals surface area contributed by atoms with E-state index in [0.717, 1.165) is 18.1 Å². The molecule has 0 atom stereocenters. The van der Waals surface area contributed by atoms with Crippen LogP contribution in [0.1, 0.15) is 13.8 Å². The van der Waals surface area contributed by atoms with Crippen LogP contribution in [0.5, 0.6) is 0 Å². The lowest BCUT2D eigenvalue weighted by atomic mass is 10.1. The van der Waals surface area contributed by atoms with Crippen molar-refractivity contribution in [3.05, 3.63) is 35.4 Å². The van der Waals surface area contributed by atoms with Crippen molar-refractivity contribution in [3.8, 4) is 0 Å². The van der Waals surface area contributed by atoms with E-state index in [1.807, 2.05) is 18.7 Å². The van der Waals surface area contributed by atoms with Gasteiger partial charge in [-0.15, -0.1) is 11.8 Å². The molecule has 0 amide bonds. The van der Waals surface area contributed by atoms with E-state index in [4.69, 9.17) is 0 Å². The molecule has 0 radical (unpaired) electrons. The number of thioether (sulfide) groups is 1. The monoisotopic (exact) mass is 334 g/mol. The van der Waals surface area contributed by atoms with Crippen LogP contribution in [-0.2, 0) is 9.63 Å². The summed E-state index contributed by atoms with van der Waals surface area (Å²) in [7, 11) is 0. The second-order valence-electron chi connectivity index (χ2n) is 4.16. The average molecular weight is 334 g/mol. The summed E-state index contributed by atoms with van der Waals surface area (Å²) in [5.41, 5.74) is -1.83. The highest BCUT2D eigenvalue weighted by molar-refractivity contribution is 8.03. The normalized spacial score (nSPS) is 17.5. The lowest BCUT2D eigenvalue weighted by Crippen LogP contribution is -2.24. The third-order valence-electron chi connectivity index (χ3n) is 2.82. The number of nitrogens with zero attached hydrogens (tertiary/aromatic N) is 2. The zero-order valence-corrected chi connectivity index (χ0v) is 13.1. The maximum atomic E-state index is 12.7. The first kappa shape index (κ1) is 18.3. The second-order valence-corrected chi connectivity index (χ2v) is 5.20. The van der Waals surface area contributed by atoms with E-state index in [9.17, 15) is 18.0 Å². The molecule has 0 N–H and O–H groups in total. The molecule has 0 fully saturated rings. The predicted molar refractivity (Wildman–Crippen MR) is 81.3 cm³/mol. The average Bonchev–Trinajstić information content (AvgIpc) is 2.81. The number of oxime groups is 1. The van der Waals surface area contributed by atoms with Crippen LogP contribution in [0.3, 0.4) is 0 Å².